The van der Waals surface area contributed by atoms with Gasteiger partial charge in [0.15, 0.2) is 5.78 Å². The van der Waals surface area contributed by atoms with Crippen LogP contribution in [0.15, 0.2) is 72.8 Å². The zero-order valence-electron chi connectivity index (χ0n) is 14.8. The van der Waals surface area contributed by atoms with Gasteiger partial charge in [-0.3, -0.25) is 9.59 Å². The van der Waals surface area contributed by atoms with Crippen molar-refractivity contribution in [3.05, 3.63) is 101 Å². The molecule has 0 heterocycles. The summed E-state index contributed by atoms with van der Waals surface area (Å²) in [5.41, 5.74) is 1.82. The number of esters is 1. The van der Waals surface area contributed by atoms with Crippen molar-refractivity contribution in [3.63, 3.8) is 0 Å². The van der Waals surface area contributed by atoms with Crippen molar-refractivity contribution in [2.75, 3.05) is 0 Å². The maximum Gasteiger partial charge on any atom is 0.308 e. The fourth-order valence-electron chi connectivity index (χ4n) is 3.70. The summed E-state index contributed by atoms with van der Waals surface area (Å²) < 4.78 is 5.06. The van der Waals surface area contributed by atoms with Gasteiger partial charge in [0.1, 0.15) is 11.4 Å². The van der Waals surface area contributed by atoms with Crippen LogP contribution in [0.3, 0.4) is 0 Å². The van der Waals surface area contributed by atoms with E-state index in [2.05, 4.69) is 0 Å². The van der Waals surface area contributed by atoms with E-state index in [1.165, 1.54) is 6.92 Å². The van der Waals surface area contributed by atoms with Crippen molar-refractivity contribution in [3.8, 4) is 5.75 Å². The highest BCUT2D eigenvalue weighted by Gasteiger charge is 2.41. The molecule has 3 aromatic carbocycles. The van der Waals surface area contributed by atoms with Crippen LogP contribution in [-0.2, 0) is 16.8 Å². The number of hydrogen-bond acceptors (Lipinski definition) is 4. The molecule has 0 saturated carbocycles. The molecule has 1 aliphatic rings. The highest BCUT2D eigenvalue weighted by molar-refractivity contribution is 6.13. The van der Waals surface area contributed by atoms with Gasteiger partial charge >= 0.3 is 5.97 Å². The summed E-state index contributed by atoms with van der Waals surface area (Å²) in [5.74, 6) is 0.00368. The second-order valence-corrected chi connectivity index (χ2v) is 6.69. The molecule has 134 valence electrons. The van der Waals surface area contributed by atoms with Gasteiger partial charge in [0, 0.05) is 24.5 Å². The number of ketones is 1. The summed E-state index contributed by atoms with van der Waals surface area (Å²) in [4.78, 5) is 23.9. The number of rotatable bonds is 3. The van der Waals surface area contributed by atoms with Crippen LogP contribution in [0, 0.1) is 0 Å². The minimum absolute atomic E-state index is 0.0731. The zero-order chi connectivity index (χ0) is 19.0. The van der Waals surface area contributed by atoms with Crippen LogP contribution >= 0.6 is 0 Å². The molecule has 1 aliphatic carbocycles. The lowest BCUT2D eigenvalue weighted by atomic mass is 9.71. The first-order valence-electron chi connectivity index (χ1n) is 8.72. The SMILES string of the molecule is CC(=O)Oc1ccc(CC2(O)c3ccccc3C(=O)c3ccccc32)cc1. The number of aliphatic hydroxyl groups is 1. The molecule has 3 aromatic rings. The first-order chi connectivity index (χ1) is 13.0. The standard InChI is InChI=1S/C23H18O4/c1-15(24)27-17-12-10-16(11-13-17)14-23(26)20-8-4-2-6-18(20)22(25)19-7-3-5-9-21(19)23/h2-13,26H,14H2,1H3. The Kier molecular flexibility index (Phi) is 4.13. The Balaban J connectivity index is 1.79. The molecule has 4 nitrogen and oxygen atoms in total. The third kappa shape index (κ3) is 2.94. The normalized spacial score (nSPS) is 14.2. The van der Waals surface area contributed by atoms with E-state index in [9.17, 15) is 14.7 Å². The van der Waals surface area contributed by atoms with E-state index in [0.717, 1.165) is 5.56 Å². The number of carbonyl (C=O) groups excluding carboxylic acids is 2. The van der Waals surface area contributed by atoms with Crippen LogP contribution in [-0.4, -0.2) is 16.9 Å². The number of fused-ring (bicyclic) bond motifs is 2. The molecule has 4 rings (SSSR count). The second-order valence-electron chi connectivity index (χ2n) is 6.69. The fourth-order valence-corrected chi connectivity index (χ4v) is 3.70. The molecule has 0 saturated heterocycles. The minimum atomic E-state index is -1.32. The molecule has 0 atom stereocenters. The van der Waals surface area contributed by atoms with Crippen molar-refractivity contribution in [2.24, 2.45) is 0 Å². The van der Waals surface area contributed by atoms with Gasteiger partial charge in [-0.05, 0) is 28.8 Å². The van der Waals surface area contributed by atoms with Gasteiger partial charge in [-0.2, -0.15) is 0 Å². The van der Waals surface area contributed by atoms with Crippen LogP contribution in [0.2, 0.25) is 0 Å². The van der Waals surface area contributed by atoms with Crippen LogP contribution in [0.1, 0.15) is 39.5 Å². The summed E-state index contributed by atoms with van der Waals surface area (Å²) in [6, 6.07) is 21.4. The minimum Gasteiger partial charge on any atom is -0.427 e. The summed E-state index contributed by atoms with van der Waals surface area (Å²) in [6.45, 7) is 1.35. The van der Waals surface area contributed by atoms with E-state index < -0.39 is 5.60 Å². The molecule has 0 fully saturated rings. The largest absolute Gasteiger partial charge is 0.427 e. The van der Waals surface area contributed by atoms with Crippen LogP contribution in [0.25, 0.3) is 0 Å². The van der Waals surface area contributed by atoms with E-state index in [1.54, 1.807) is 48.5 Å². The molecule has 1 N–H and O–H groups in total. The number of benzene rings is 3. The molecule has 0 unspecified atom stereocenters. The Bertz CT molecular complexity index is 985. The molecular formula is C23H18O4. The summed E-state index contributed by atoms with van der Waals surface area (Å²) in [7, 11) is 0. The third-order valence-corrected chi connectivity index (χ3v) is 4.88. The van der Waals surface area contributed by atoms with E-state index in [1.807, 2.05) is 24.3 Å². The maximum atomic E-state index is 12.8. The molecule has 0 amide bonds. The van der Waals surface area contributed by atoms with E-state index in [0.29, 0.717) is 34.4 Å². The summed E-state index contributed by atoms with van der Waals surface area (Å²) >= 11 is 0. The van der Waals surface area contributed by atoms with E-state index >= 15 is 0 Å². The van der Waals surface area contributed by atoms with Gasteiger partial charge < -0.3 is 9.84 Å². The Morgan fingerprint density at radius 2 is 1.41 bits per heavy atom. The van der Waals surface area contributed by atoms with Crippen molar-refractivity contribution in [1.29, 1.82) is 0 Å². The van der Waals surface area contributed by atoms with Gasteiger partial charge in [-0.15, -0.1) is 0 Å². The summed E-state index contributed by atoms with van der Waals surface area (Å²) in [5, 5.41) is 11.7. The van der Waals surface area contributed by atoms with Crippen LogP contribution < -0.4 is 4.74 Å². The number of ether oxygens (including phenoxy) is 1. The predicted molar refractivity (Wildman–Crippen MR) is 101 cm³/mol. The molecule has 0 bridgehead atoms. The Morgan fingerprint density at radius 1 is 0.889 bits per heavy atom. The maximum absolute atomic E-state index is 12.8. The molecule has 4 heteroatoms. The van der Waals surface area contributed by atoms with Crippen molar-refractivity contribution in [1.82, 2.24) is 0 Å². The highest BCUT2D eigenvalue weighted by Crippen LogP contribution is 2.42. The van der Waals surface area contributed by atoms with Gasteiger partial charge in [0.05, 0.1) is 0 Å². The molecule has 0 aromatic heterocycles. The Labute approximate surface area is 157 Å². The number of hydrogen-bond donors (Lipinski definition) is 1. The van der Waals surface area contributed by atoms with Gasteiger partial charge in [-0.25, -0.2) is 0 Å². The smallest absolute Gasteiger partial charge is 0.308 e. The van der Waals surface area contributed by atoms with Gasteiger partial charge in [0.25, 0.3) is 0 Å². The Morgan fingerprint density at radius 3 is 1.93 bits per heavy atom. The monoisotopic (exact) mass is 358 g/mol. The lowest BCUT2D eigenvalue weighted by Gasteiger charge is -2.36. The molecule has 0 radical (unpaired) electrons. The topological polar surface area (TPSA) is 63.6 Å². The lowest BCUT2D eigenvalue weighted by molar-refractivity contribution is -0.131. The van der Waals surface area contributed by atoms with Gasteiger partial charge in [-0.1, -0.05) is 60.7 Å². The molecular weight excluding hydrogens is 340 g/mol. The van der Waals surface area contributed by atoms with Gasteiger partial charge in [0.2, 0.25) is 0 Å². The number of carbonyl (C=O) groups is 2. The third-order valence-electron chi connectivity index (χ3n) is 4.88. The zero-order valence-corrected chi connectivity index (χ0v) is 14.8. The van der Waals surface area contributed by atoms with Crippen LogP contribution in [0.4, 0.5) is 0 Å². The van der Waals surface area contributed by atoms with Crippen LogP contribution in [0.5, 0.6) is 5.75 Å². The molecule has 0 aliphatic heterocycles. The van der Waals surface area contributed by atoms with Crippen molar-refractivity contribution in [2.45, 2.75) is 18.9 Å². The molecule has 27 heavy (non-hydrogen) atoms. The van der Waals surface area contributed by atoms with Crippen molar-refractivity contribution < 1.29 is 19.4 Å². The molecule has 0 spiro atoms. The van der Waals surface area contributed by atoms with E-state index in [4.69, 9.17) is 4.74 Å². The van der Waals surface area contributed by atoms with Crippen molar-refractivity contribution >= 4 is 11.8 Å². The quantitative estimate of drug-likeness (QED) is 0.574. The first-order valence-corrected chi connectivity index (χ1v) is 8.72. The summed E-state index contributed by atoms with van der Waals surface area (Å²) in [6.07, 6.45) is 0.300. The average molecular weight is 358 g/mol. The fraction of sp³-hybridized carbons (Fsp3) is 0.130. The average Bonchev–Trinajstić information content (AvgIpc) is 2.68. The lowest BCUT2D eigenvalue weighted by Crippen LogP contribution is -2.37. The highest BCUT2D eigenvalue weighted by atomic mass is 16.5. The predicted octanol–water partition coefficient (Wildman–Crippen LogP) is 3.63. The Hall–Kier alpha value is -3.24. The van der Waals surface area contributed by atoms with E-state index in [-0.39, 0.29) is 11.8 Å². The second kappa shape index (κ2) is 6.49. The first kappa shape index (κ1) is 17.2.